The number of carbonyl (C=O) groups is 1. The molecule has 0 aromatic carbocycles. The van der Waals surface area contributed by atoms with Crippen LogP contribution in [0.15, 0.2) is 12.3 Å². The predicted molar refractivity (Wildman–Crippen MR) is 73.7 cm³/mol. The zero-order chi connectivity index (χ0) is 15.3. The number of carbonyl (C=O) groups excluding carboxylic acids is 1. The first kappa shape index (κ1) is 19.8. The Morgan fingerprint density at radius 2 is 2.19 bits per heavy atom. The van der Waals surface area contributed by atoms with Gasteiger partial charge in [0.25, 0.3) is 0 Å². The minimum Gasteiger partial charge on any atom is -0.475 e. The van der Waals surface area contributed by atoms with Gasteiger partial charge >= 0.3 is 6.18 Å². The fourth-order valence-electron chi connectivity index (χ4n) is 1.17. The van der Waals surface area contributed by atoms with Gasteiger partial charge < -0.3 is 15.8 Å². The molecule has 0 radical (unpaired) electrons. The van der Waals surface area contributed by atoms with Gasteiger partial charge in [-0.3, -0.25) is 4.79 Å². The number of halogens is 5. The van der Waals surface area contributed by atoms with E-state index in [1.165, 1.54) is 6.92 Å². The molecule has 0 saturated carbocycles. The monoisotopic (exact) mass is 347 g/mol. The number of ether oxygens (including phenoxy) is 1. The van der Waals surface area contributed by atoms with Gasteiger partial charge in [-0.2, -0.15) is 13.2 Å². The number of hydrogen-bond acceptors (Lipinski definition) is 4. The summed E-state index contributed by atoms with van der Waals surface area (Å²) in [5, 5.41) is 2.22. The van der Waals surface area contributed by atoms with Crippen LogP contribution in [0, 0.1) is 0 Å². The molecule has 0 aliphatic rings. The van der Waals surface area contributed by atoms with E-state index in [9.17, 15) is 18.0 Å². The summed E-state index contributed by atoms with van der Waals surface area (Å²) >= 11 is 5.63. The molecule has 1 aromatic rings. The summed E-state index contributed by atoms with van der Waals surface area (Å²) in [6, 6.07) is 0.0764. The Kier molecular flexibility index (Phi) is 7.76. The minimum atomic E-state index is -4.51. The van der Waals surface area contributed by atoms with Crippen molar-refractivity contribution in [2.45, 2.75) is 19.1 Å². The number of rotatable bonds is 5. The lowest BCUT2D eigenvalue weighted by Gasteiger charge is -2.11. The largest absolute Gasteiger partial charge is 0.475 e. The second-order valence-electron chi connectivity index (χ2n) is 3.94. The maximum absolute atomic E-state index is 12.4. The highest BCUT2D eigenvalue weighted by atomic mass is 35.5. The standard InChI is InChI=1S/C11H13ClF3N3O2.ClH/c1-6(16)9(19)17-2-3-20-10-8(12)4-7(5-18-10)11(13,14)15;/h4-6H,2-3,16H2,1H3,(H,17,19);1H. The van der Waals surface area contributed by atoms with Crippen molar-refractivity contribution in [3.8, 4) is 5.88 Å². The van der Waals surface area contributed by atoms with Gasteiger partial charge in [0, 0.05) is 6.20 Å². The molecule has 1 rings (SSSR count). The molecule has 1 unspecified atom stereocenters. The Balaban J connectivity index is 0.00000400. The number of nitrogens with two attached hydrogens (primary N) is 1. The average molecular weight is 348 g/mol. The summed E-state index contributed by atoms with van der Waals surface area (Å²) in [6.45, 7) is 1.67. The Hall–Kier alpha value is -1.25. The molecule has 5 nitrogen and oxygen atoms in total. The van der Waals surface area contributed by atoms with Crippen LogP contribution in [0.2, 0.25) is 5.02 Å². The summed E-state index contributed by atoms with van der Waals surface area (Å²) in [4.78, 5) is 14.6. The molecule has 10 heteroatoms. The van der Waals surface area contributed by atoms with Crippen molar-refractivity contribution in [2.24, 2.45) is 5.73 Å². The summed E-state index contributed by atoms with van der Waals surface area (Å²) in [6.07, 6.45) is -3.89. The lowest BCUT2D eigenvalue weighted by atomic mass is 10.3. The Bertz CT molecular complexity index is 484. The van der Waals surface area contributed by atoms with Crippen LogP contribution in [0.25, 0.3) is 0 Å². The zero-order valence-electron chi connectivity index (χ0n) is 10.9. The number of hydrogen-bond donors (Lipinski definition) is 2. The van der Waals surface area contributed by atoms with Crippen molar-refractivity contribution >= 4 is 29.9 Å². The summed E-state index contributed by atoms with van der Waals surface area (Å²) in [7, 11) is 0. The van der Waals surface area contributed by atoms with Gasteiger partial charge in [-0.25, -0.2) is 4.98 Å². The van der Waals surface area contributed by atoms with Crippen LogP contribution in [0.4, 0.5) is 13.2 Å². The molecular formula is C11H14Cl2F3N3O2. The highest BCUT2D eigenvalue weighted by Crippen LogP contribution is 2.32. The van der Waals surface area contributed by atoms with E-state index in [4.69, 9.17) is 22.1 Å². The molecule has 0 saturated heterocycles. The van der Waals surface area contributed by atoms with Crippen molar-refractivity contribution in [1.82, 2.24) is 10.3 Å². The molecule has 3 N–H and O–H groups in total. The Labute approximate surface area is 130 Å². The topological polar surface area (TPSA) is 77.2 Å². The third kappa shape index (κ3) is 6.36. The number of aromatic nitrogens is 1. The van der Waals surface area contributed by atoms with Gasteiger partial charge in [0.15, 0.2) is 0 Å². The van der Waals surface area contributed by atoms with Crippen molar-refractivity contribution in [1.29, 1.82) is 0 Å². The van der Waals surface area contributed by atoms with Gasteiger partial charge in [0.05, 0.1) is 18.2 Å². The molecule has 1 atom stereocenters. The molecule has 1 heterocycles. The molecular weight excluding hydrogens is 334 g/mol. The maximum Gasteiger partial charge on any atom is 0.417 e. The van der Waals surface area contributed by atoms with Gasteiger partial charge in [-0.15, -0.1) is 12.4 Å². The quantitative estimate of drug-likeness (QED) is 0.799. The minimum absolute atomic E-state index is 0. The molecule has 0 fully saturated rings. The van der Waals surface area contributed by atoms with E-state index in [2.05, 4.69) is 10.3 Å². The molecule has 0 bridgehead atoms. The fourth-order valence-corrected chi connectivity index (χ4v) is 1.39. The summed E-state index contributed by atoms with van der Waals surface area (Å²) in [5.41, 5.74) is 4.36. The van der Waals surface area contributed by atoms with E-state index in [-0.39, 0.29) is 42.4 Å². The number of nitrogens with zero attached hydrogens (tertiary/aromatic N) is 1. The molecule has 120 valence electrons. The van der Waals surface area contributed by atoms with E-state index >= 15 is 0 Å². The zero-order valence-corrected chi connectivity index (χ0v) is 12.5. The van der Waals surface area contributed by atoms with E-state index in [1.807, 2.05) is 0 Å². The third-order valence-electron chi connectivity index (χ3n) is 2.19. The van der Waals surface area contributed by atoms with Crippen molar-refractivity contribution in [3.63, 3.8) is 0 Å². The van der Waals surface area contributed by atoms with Crippen LogP contribution in [-0.2, 0) is 11.0 Å². The fraction of sp³-hybridized carbons (Fsp3) is 0.455. The number of pyridine rings is 1. The maximum atomic E-state index is 12.4. The number of amides is 1. The third-order valence-corrected chi connectivity index (χ3v) is 2.46. The van der Waals surface area contributed by atoms with Crippen molar-refractivity contribution in [3.05, 3.63) is 22.8 Å². The highest BCUT2D eigenvalue weighted by molar-refractivity contribution is 6.31. The summed E-state index contributed by atoms with van der Waals surface area (Å²) < 4.78 is 42.2. The van der Waals surface area contributed by atoms with E-state index in [0.717, 1.165) is 6.07 Å². The SMILES string of the molecule is CC(N)C(=O)NCCOc1ncc(C(F)(F)F)cc1Cl.Cl. The first-order valence-corrected chi connectivity index (χ1v) is 5.98. The molecule has 0 spiro atoms. The number of alkyl halides is 3. The van der Waals surface area contributed by atoms with Gasteiger partial charge in [0.2, 0.25) is 11.8 Å². The summed E-state index contributed by atoms with van der Waals surface area (Å²) in [5.74, 6) is -0.491. The highest BCUT2D eigenvalue weighted by Gasteiger charge is 2.31. The van der Waals surface area contributed by atoms with Crippen LogP contribution in [0.3, 0.4) is 0 Å². The first-order valence-electron chi connectivity index (χ1n) is 5.60. The lowest BCUT2D eigenvalue weighted by molar-refractivity contribution is -0.137. The Morgan fingerprint density at radius 1 is 1.57 bits per heavy atom. The average Bonchev–Trinajstić information content (AvgIpc) is 2.34. The van der Waals surface area contributed by atoms with Gasteiger partial charge in [0.1, 0.15) is 11.6 Å². The second kappa shape index (κ2) is 8.26. The van der Waals surface area contributed by atoms with Crippen molar-refractivity contribution in [2.75, 3.05) is 13.2 Å². The van der Waals surface area contributed by atoms with Crippen molar-refractivity contribution < 1.29 is 22.7 Å². The van der Waals surface area contributed by atoms with E-state index < -0.39 is 17.8 Å². The van der Waals surface area contributed by atoms with Crippen LogP contribution >= 0.6 is 24.0 Å². The van der Waals surface area contributed by atoms with Gasteiger partial charge in [-0.05, 0) is 13.0 Å². The van der Waals surface area contributed by atoms with Crippen LogP contribution in [0.1, 0.15) is 12.5 Å². The second-order valence-corrected chi connectivity index (χ2v) is 4.34. The smallest absolute Gasteiger partial charge is 0.417 e. The molecule has 1 aromatic heterocycles. The van der Waals surface area contributed by atoms with Crippen LogP contribution in [-0.4, -0.2) is 30.1 Å². The first-order chi connectivity index (χ1) is 9.21. The molecule has 21 heavy (non-hydrogen) atoms. The normalized spacial score (nSPS) is 12.3. The molecule has 1 amide bonds. The lowest BCUT2D eigenvalue weighted by Crippen LogP contribution is -2.40. The van der Waals surface area contributed by atoms with E-state index in [1.54, 1.807) is 0 Å². The van der Waals surface area contributed by atoms with E-state index in [0.29, 0.717) is 6.20 Å². The van der Waals surface area contributed by atoms with Gasteiger partial charge in [-0.1, -0.05) is 11.6 Å². The Morgan fingerprint density at radius 3 is 2.67 bits per heavy atom. The number of nitrogens with one attached hydrogen (secondary N) is 1. The molecule has 0 aliphatic heterocycles. The van der Waals surface area contributed by atoms with Crippen LogP contribution < -0.4 is 15.8 Å². The predicted octanol–water partition coefficient (Wildman–Crippen LogP) is 2.02. The van der Waals surface area contributed by atoms with Crippen LogP contribution in [0.5, 0.6) is 5.88 Å². The molecule has 0 aliphatic carbocycles.